The maximum Gasteiger partial charge on any atom is 0.220 e. The van der Waals surface area contributed by atoms with E-state index < -0.39 is 0 Å². The summed E-state index contributed by atoms with van der Waals surface area (Å²) in [5, 5.41) is 6.81. The maximum atomic E-state index is 12.6. The van der Waals surface area contributed by atoms with Gasteiger partial charge in [-0.25, -0.2) is 0 Å². The summed E-state index contributed by atoms with van der Waals surface area (Å²) in [6.45, 7) is 4.42. The van der Waals surface area contributed by atoms with Gasteiger partial charge in [0.05, 0.1) is 0 Å². The van der Waals surface area contributed by atoms with Gasteiger partial charge in [-0.15, -0.1) is 0 Å². The molecule has 2 unspecified atom stereocenters. The third-order valence-corrected chi connectivity index (χ3v) is 7.13. The monoisotopic (exact) mass is 304 g/mol. The fourth-order valence-electron chi connectivity index (χ4n) is 6.58. The molecule has 1 aliphatic heterocycles. The Morgan fingerprint density at radius 1 is 1.18 bits per heavy atom. The second-order valence-electron chi connectivity index (χ2n) is 9.06. The number of rotatable bonds is 4. The molecular formula is C19H32N2O. The Kier molecular flexibility index (Phi) is 3.96. The van der Waals surface area contributed by atoms with E-state index in [4.69, 9.17) is 0 Å². The highest BCUT2D eigenvalue weighted by atomic mass is 16.1. The average molecular weight is 304 g/mol. The Morgan fingerprint density at radius 3 is 2.36 bits per heavy atom. The summed E-state index contributed by atoms with van der Waals surface area (Å²) < 4.78 is 0. The molecule has 1 amide bonds. The zero-order valence-electron chi connectivity index (χ0n) is 14.1. The van der Waals surface area contributed by atoms with Crippen LogP contribution in [0.1, 0.15) is 64.7 Å². The highest BCUT2D eigenvalue weighted by Crippen LogP contribution is 2.61. The van der Waals surface area contributed by atoms with Crippen LogP contribution in [-0.4, -0.2) is 25.0 Å². The summed E-state index contributed by atoms with van der Waals surface area (Å²) in [6, 6.07) is 0.328. The van der Waals surface area contributed by atoms with E-state index in [-0.39, 0.29) is 0 Å². The molecule has 1 saturated heterocycles. The number of piperidine rings is 1. The third kappa shape index (κ3) is 2.93. The second-order valence-corrected chi connectivity index (χ2v) is 9.06. The van der Waals surface area contributed by atoms with E-state index in [1.165, 1.54) is 51.4 Å². The predicted octanol–water partition coefficient (Wildman–Crippen LogP) is 3.10. The quantitative estimate of drug-likeness (QED) is 0.838. The molecule has 4 bridgehead atoms. The molecule has 0 aromatic rings. The van der Waals surface area contributed by atoms with E-state index in [0.29, 0.717) is 23.3 Å². The lowest BCUT2D eigenvalue weighted by Crippen LogP contribution is -2.50. The van der Waals surface area contributed by atoms with Crippen molar-refractivity contribution in [1.29, 1.82) is 0 Å². The molecule has 0 aromatic heterocycles. The fourth-order valence-corrected chi connectivity index (χ4v) is 6.58. The average Bonchev–Trinajstić information content (AvgIpc) is 2.45. The van der Waals surface area contributed by atoms with E-state index in [9.17, 15) is 4.79 Å². The van der Waals surface area contributed by atoms with Gasteiger partial charge >= 0.3 is 0 Å². The highest BCUT2D eigenvalue weighted by molar-refractivity contribution is 5.77. The van der Waals surface area contributed by atoms with Crippen LogP contribution in [0.3, 0.4) is 0 Å². The Hall–Kier alpha value is -0.570. The molecule has 0 radical (unpaired) electrons. The lowest BCUT2D eigenvalue weighted by Gasteiger charge is -2.56. The molecule has 4 aliphatic carbocycles. The van der Waals surface area contributed by atoms with Crippen LogP contribution in [0.15, 0.2) is 0 Å². The number of carbonyl (C=O) groups excluding carboxylic acids is 1. The molecule has 2 atom stereocenters. The summed E-state index contributed by atoms with van der Waals surface area (Å²) in [7, 11) is 0. The van der Waals surface area contributed by atoms with E-state index in [2.05, 4.69) is 17.6 Å². The van der Waals surface area contributed by atoms with Crippen LogP contribution in [-0.2, 0) is 4.79 Å². The van der Waals surface area contributed by atoms with Crippen molar-refractivity contribution in [2.24, 2.45) is 29.1 Å². The Labute approximate surface area is 135 Å². The minimum Gasteiger partial charge on any atom is -0.353 e. The smallest absolute Gasteiger partial charge is 0.220 e. The topological polar surface area (TPSA) is 41.1 Å². The van der Waals surface area contributed by atoms with Gasteiger partial charge in [0.15, 0.2) is 0 Å². The van der Waals surface area contributed by atoms with Crippen LogP contribution in [0.2, 0.25) is 0 Å². The number of hydrogen-bond donors (Lipinski definition) is 2. The minimum atomic E-state index is 0.328. The largest absolute Gasteiger partial charge is 0.353 e. The normalized spacial score (nSPS) is 44.8. The van der Waals surface area contributed by atoms with Crippen LogP contribution in [0.25, 0.3) is 0 Å². The fraction of sp³-hybridized carbons (Fsp3) is 0.947. The Balaban J connectivity index is 1.34. The SMILES string of the molecule is CC(NC(=O)CC12CC3CC(CC(C3)C1)C2)C1CCCNC1. The minimum absolute atomic E-state index is 0.328. The molecule has 5 rings (SSSR count). The predicted molar refractivity (Wildman–Crippen MR) is 88.4 cm³/mol. The highest BCUT2D eigenvalue weighted by Gasteiger charge is 2.51. The van der Waals surface area contributed by atoms with Gasteiger partial charge in [0.25, 0.3) is 0 Å². The molecule has 22 heavy (non-hydrogen) atoms. The summed E-state index contributed by atoms with van der Waals surface area (Å²) in [4.78, 5) is 12.6. The molecular weight excluding hydrogens is 272 g/mol. The lowest BCUT2D eigenvalue weighted by atomic mass is 9.49. The molecule has 5 fully saturated rings. The van der Waals surface area contributed by atoms with Gasteiger partial charge in [-0.1, -0.05) is 0 Å². The first-order valence-corrected chi connectivity index (χ1v) is 9.62. The Morgan fingerprint density at radius 2 is 1.82 bits per heavy atom. The zero-order chi connectivity index (χ0) is 15.2. The number of amides is 1. The van der Waals surface area contributed by atoms with Gasteiger partial charge in [0.1, 0.15) is 0 Å². The van der Waals surface area contributed by atoms with Crippen molar-refractivity contribution in [3.05, 3.63) is 0 Å². The van der Waals surface area contributed by atoms with Crippen molar-refractivity contribution < 1.29 is 4.79 Å². The molecule has 3 heteroatoms. The molecule has 4 saturated carbocycles. The molecule has 1 heterocycles. The lowest BCUT2D eigenvalue weighted by molar-refractivity contribution is -0.130. The van der Waals surface area contributed by atoms with Crippen molar-refractivity contribution >= 4 is 5.91 Å². The summed E-state index contributed by atoms with van der Waals surface area (Å²) in [5.41, 5.74) is 0.378. The van der Waals surface area contributed by atoms with Crippen LogP contribution in [0, 0.1) is 29.1 Å². The van der Waals surface area contributed by atoms with Crippen molar-refractivity contribution in [2.75, 3.05) is 13.1 Å². The molecule has 2 N–H and O–H groups in total. The van der Waals surface area contributed by atoms with Crippen LogP contribution >= 0.6 is 0 Å². The molecule has 0 aromatic carbocycles. The van der Waals surface area contributed by atoms with E-state index in [0.717, 1.165) is 37.3 Å². The van der Waals surface area contributed by atoms with Crippen molar-refractivity contribution in [1.82, 2.24) is 10.6 Å². The van der Waals surface area contributed by atoms with E-state index in [1.54, 1.807) is 0 Å². The van der Waals surface area contributed by atoms with Gasteiger partial charge in [-0.2, -0.15) is 0 Å². The van der Waals surface area contributed by atoms with Crippen LogP contribution in [0.5, 0.6) is 0 Å². The molecule has 124 valence electrons. The summed E-state index contributed by atoms with van der Waals surface area (Å²) in [6.07, 6.45) is 11.7. The Bertz CT molecular complexity index is 392. The molecule has 0 spiro atoms. The first-order valence-electron chi connectivity index (χ1n) is 9.62. The molecule has 5 aliphatic rings. The third-order valence-electron chi connectivity index (χ3n) is 7.13. The van der Waals surface area contributed by atoms with Gasteiger partial charge in [0.2, 0.25) is 5.91 Å². The zero-order valence-corrected chi connectivity index (χ0v) is 14.1. The first kappa shape index (κ1) is 15.0. The molecule has 3 nitrogen and oxygen atoms in total. The first-order chi connectivity index (χ1) is 10.6. The van der Waals surface area contributed by atoms with Gasteiger partial charge in [-0.05, 0) is 100 Å². The van der Waals surface area contributed by atoms with Crippen molar-refractivity contribution in [3.8, 4) is 0 Å². The number of carbonyl (C=O) groups is 1. The number of nitrogens with one attached hydrogen (secondary N) is 2. The van der Waals surface area contributed by atoms with Crippen LogP contribution in [0.4, 0.5) is 0 Å². The summed E-state index contributed by atoms with van der Waals surface area (Å²) >= 11 is 0. The number of hydrogen-bond acceptors (Lipinski definition) is 2. The van der Waals surface area contributed by atoms with Gasteiger partial charge in [0, 0.05) is 12.5 Å². The standard InChI is InChI=1S/C19H32N2O/c1-13(17-3-2-4-20-12-17)21-18(22)11-19-8-14-5-15(9-19)7-16(6-14)10-19/h13-17,20H,2-12H2,1H3,(H,21,22). The van der Waals surface area contributed by atoms with Crippen molar-refractivity contribution in [3.63, 3.8) is 0 Å². The van der Waals surface area contributed by atoms with Crippen molar-refractivity contribution in [2.45, 2.75) is 70.8 Å². The van der Waals surface area contributed by atoms with Gasteiger partial charge < -0.3 is 10.6 Å². The second kappa shape index (κ2) is 5.81. The maximum absolute atomic E-state index is 12.6. The van der Waals surface area contributed by atoms with E-state index >= 15 is 0 Å². The van der Waals surface area contributed by atoms with E-state index in [1.807, 2.05) is 0 Å². The summed E-state index contributed by atoms with van der Waals surface area (Å²) in [5.74, 6) is 3.78. The van der Waals surface area contributed by atoms with Crippen LogP contribution < -0.4 is 10.6 Å². The van der Waals surface area contributed by atoms with Gasteiger partial charge in [-0.3, -0.25) is 4.79 Å².